The van der Waals surface area contributed by atoms with Crippen LogP contribution in [0.15, 0.2) is 4.99 Å². The van der Waals surface area contributed by atoms with Crippen molar-refractivity contribution in [1.82, 2.24) is 20.4 Å². The van der Waals surface area contributed by atoms with Gasteiger partial charge in [0.1, 0.15) is 0 Å². The lowest BCUT2D eigenvalue weighted by Gasteiger charge is -2.41. The Balaban J connectivity index is 0.00000312. The van der Waals surface area contributed by atoms with E-state index in [0.717, 1.165) is 19.0 Å². The molecule has 2 saturated heterocycles. The van der Waals surface area contributed by atoms with Crippen molar-refractivity contribution in [3.05, 3.63) is 0 Å². The maximum absolute atomic E-state index is 4.46. The highest BCUT2D eigenvalue weighted by atomic mass is 127. The van der Waals surface area contributed by atoms with E-state index in [2.05, 4.69) is 60.0 Å². The first-order chi connectivity index (χ1) is 11.3. The van der Waals surface area contributed by atoms with E-state index in [1.54, 1.807) is 0 Å². The lowest BCUT2D eigenvalue weighted by Crippen LogP contribution is -2.56. The number of nitrogens with zero attached hydrogens (tertiary/aromatic N) is 3. The Kier molecular flexibility index (Phi) is 9.46. The summed E-state index contributed by atoms with van der Waals surface area (Å²) < 4.78 is 0. The Labute approximate surface area is 172 Å². The maximum Gasteiger partial charge on any atom is 0.191 e. The van der Waals surface area contributed by atoms with E-state index < -0.39 is 0 Å². The third kappa shape index (κ3) is 6.54. The van der Waals surface area contributed by atoms with Gasteiger partial charge < -0.3 is 10.6 Å². The summed E-state index contributed by atoms with van der Waals surface area (Å²) >= 11 is 0. The van der Waals surface area contributed by atoms with Crippen LogP contribution in [0.5, 0.6) is 0 Å². The van der Waals surface area contributed by atoms with E-state index >= 15 is 0 Å². The van der Waals surface area contributed by atoms with Crippen molar-refractivity contribution in [2.75, 3.05) is 39.8 Å². The van der Waals surface area contributed by atoms with E-state index in [9.17, 15) is 0 Å². The first-order valence-corrected chi connectivity index (χ1v) is 9.80. The Bertz CT molecular complexity index is 418. The smallest absolute Gasteiger partial charge is 0.191 e. The van der Waals surface area contributed by atoms with Crippen LogP contribution in [0.4, 0.5) is 0 Å². The quantitative estimate of drug-likeness (QED) is 0.372. The van der Waals surface area contributed by atoms with Crippen molar-refractivity contribution < 1.29 is 0 Å². The number of hydrogen-bond acceptors (Lipinski definition) is 3. The van der Waals surface area contributed by atoms with Gasteiger partial charge in [0.2, 0.25) is 0 Å². The number of hydrogen-bond donors (Lipinski definition) is 2. The Morgan fingerprint density at radius 2 is 1.80 bits per heavy atom. The summed E-state index contributed by atoms with van der Waals surface area (Å²) in [5, 5.41) is 7.23. The zero-order chi connectivity index (χ0) is 17.7. The molecule has 0 amide bonds. The van der Waals surface area contributed by atoms with E-state index in [-0.39, 0.29) is 29.5 Å². The van der Waals surface area contributed by atoms with Gasteiger partial charge in [-0.2, -0.15) is 0 Å². The van der Waals surface area contributed by atoms with Gasteiger partial charge in [0.05, 0.1) is 0 Å². The standard InChI is InChI=1S/C19H39N5.HI/c1-15(2)23-12-16(3)17(13-23)22-18(20-6)21-14-19(4,5)24-10-8-7-9-11-24;/h15-17H,7-14H2,1-6H3,(H2,20,21,22);1H. The third-order valence-corrected chi connectivity index (χ3v) is 5.82. The first kappa shape index (κ1) is 23.0. The molecule has 6 heteroatoms. The molecule has 5 nitrogen and oxygen atoms in total. The minimum Gasteiger partial charge on any atom is -0.355 e. The number of nitrogens with one attached hydrogen (secondary N) is 2. The van der Waals surface area contributed by atoms with Crippen LogP contribution in [-0.2, 0) is 0 Å². The summed E-state index contributed by atoms with van der Waals surface area (Å²) in [6, 6.07) is 1.10. The van der Waals surface area contributed by atoms with Crippen molar-refractivity contribution in [3.63, 3.8) is 0 Å². The average molecular weight is 465 g/mol. The molecular formula is C19H40IN5. The fraction of sp³-hybridized carbons (Fsp3) is 0.947. The van der Waals surface area contributed by atoms with Crippen LogP contribution >= 0.6 is 24.0 Å². The van der Waals surface area contributed by atoms with Crippen LogP contribution in [0.25, 0.3) is 0 Å². The molecule has 2 aliphatic rings. The summed E-state index contributed by atoms with van der Waals surface area (Å²) in [5.74, 6) is 1.60. The average Bonchev–Trinajstić information content (AvgIpc) is 2.93. The van der Waals surface area contributed by atoms with Gasteiger partial charge in [-0.3, -0.25) is 14.8 Å². The lowest BCUT2D eigenvalue weighted by molar-refractivity contribution is 0.0981. The normalized spacial score (nSPS) is 26.6. The molecule has 2 heterocycles. The summed E-state index contributed by atoms with van der Waals surface area (Å²) in [6.07, 6.45) is 4.05. The van der Waals surface area contributed by atoms with Gasteiger partial charge in [-0.05, 0) is 59.5 Å². The highest BCUT2D eigenvalue weighted by Crippen LogP contribution is 2.20. The van der Waals surface area contributed by atoms with E-state index in [1.165, 1.54) is 38.9 Å². The SMILES string of the molecule is CN=C(NCC(C)(C)N1CCCCC1)NC1CN(C(C)C)CC1C.I. The van der Waals surface area contributed by atoms with Gasteiger partial charge in [0, 0.05) is 44.3 Å². The van der Waals surface area contributed by atoms with Gasteiger partial charge in [0.25, 0.3) is 0 Å². The summed E-state index contributed by atoms with van der Waals surface area (Å²) in [4.78, 5) is 9.63. The molecule has 0 radical (unpaired) electrons. The van der Waals surface area contributed by atoms with Crippen LogP contribution in [0, 0.1) is 5.92 Å². The van der Waals surface area contributed by atoms with Gasteiger partial charge in [-0.15, -0.1) is 24.0 Å². The van der Waals surface area contributed by atoms with Crippen molar-refractivity contribution in [2.45, 2.75) is 71.5 Å². The number of rotatable bonds is 5. The molecule has 0 aromatic rings. The summed E-state index contributed by atoms with van der Waals surface area (Å²) in [6.45, 7) is 17.3. The van der Waals surface area contributed by atoms with Gasteiger partial charge in [0.15, 0.2) is 5.96 Å². The van der Waals surface area contributed by atoms with Crippen LogP contribution in [0.3, 0.4) is 0 Å². The van der Waals surface area contributed by atoms with Gasteiger partial charge in [-0.1, -0.05) is 13.3 Å². The topological polar surface area (TPSA) is 42.9 Å². The van der Waals surface area contributed by atoms with Gasteiger partial charge in [-0.25, -0.2) is 0 Å². The third-order valence-electron chi connectivity index (χ3n) is 5.82. The number of halogens is 1. The minimum atomic E-state index is 0. The summed E-state index contributed by atoms with van der Waals surface area (Å²) in [5.41, 5.74) is 0.170. The highest BCUT2D eigenvalue weighted by molar-refractivity contribution is 14.0. The monoisotopic (exact) mass is 465 g/mol. The second-order valence-corrected chi connectivity index (χ2v) is 8.56. The second-order valence-electron chi connectivity index (χ2n) is 8.56. The molecule has 0 aromatic carbocycles. The molecule has 2 atom stereocenters. The molecule has 25 heavy (non-hydrogen) atoms. The van der Waals surface area contributed by atoms with Gasteiger partial charge >= 0.3 is 0 Å². The Morgan fingerprint density at radius 3 is 2.32 bits per heavy atom. The van der Waals surface area contributed by atoms with E-state index in [4.69, 9.17) is 0 Å². The number of aliphatic imine (C=N–C) groups is 1. The minimum absolute atomic E-state index is 0. The molecular weight excluding hydrogens is 425 g/mol. The van der Waals surface area contributed by atoms with Crippen molar-refractivity contribution in [1.29, 1.82) is 0 Å². The molecule has 148 valence electrons. The molecule has 2 aliphatic heterocycles. The predicted molar refractivity (Wildman–Crippen MR) is 119 cm³/mol. The zero-order valence-electron chi connectivity index (χ0n) is 17.1. The summed E-state index contributed by atoms with van der Waals surface area (Å²) in [7, 11) is 1.88. The van der Waals surface area contributed by atoms with Crippen molar-refractivity contribution in [2.24, 2.45) is 10.9 Å². The highest BCUT2D eigenvalue weighted by Gasteiger charge is 2.32. The zero-order valence-corrected chi connectivity index (χ0v) is 19.5. The van der Waals surface area contributed by atoms with E-state index in [0.29, 0.717) is 18.0 Å². The molecule has 0 spiro atoms. The largest absolute Gasteiger partial charge is 0.355 e. The molecule has 2 fully saturated rings. The van der Waals surface area contributed by atoms with Crippen molar-refractivity contribution >= 4 is 29.9 Å². The molecule has 0 aliphatic carbocycles. The fourth-order valence-electron chi connectivity index (χ4n) is 3.90. The fourth-order valence-corrected chi connectivity index (χ4v) is 3.90. The molecule has 2 N–H and O–H groups in total. The molecule has 2 rings (SSSR count). The van der Waals surface area contributed by atoms with Crippen LogP contribution in [0.1, 0.15) is 53.9 Å². The molecule has 0 saturated carbocycles. The second kappa shape index (κ2) is 10.3. The molecule has 0 bridgehead atoms. The number of piperidine rings is 1. The molecule has 2 unspecified atom stereocenters. The van der Waals surface area contributed by atoms with Crippen LogP contribution in [-0.4, -0.2) is 73.2 Å². The Morgan fingerprint density at radius 1 is 1.16 bits per heavy atom. The number of guanidine groups is 1. The van der Waals surface area contributed by atoms with Crippen molar-refractivity contribution in [3.8, 4) is 0 Å². The lowest BCUT2D eigenvalue weighted by atomic mass is 9.98. The number of likely N-dealkylation sites (tertiary alicyclic amines) is 2. The van der Waals surface area contributed by atoms with Crippen LogP contribution in [0.2, 0.25) is 0 Å². The Hall–Kier alpha value is -0.0800. The predicted octanol–water partition coefficient (Wildman–Crippen LogP) is 2.76. The van der Waals surface area contributed by atoms with Crippen LogP contribution < -0.4 is 10.6 Å². The maximum atomic E-state index is 4.46. The molecule has 0 aromatic heterocycles. The first-order valence-electron chi connectivity index (χ1n) is 9.80. The van der Waals surface area contributed by atoms with E-state index in [1.807, 2.05) is 7.05 Å².